The zero-order valence-electron chi connectivity index (χ0n) is 14.7. The molecule has 0 amide bonds. The molecule has 3 heteroatoms. The zero-order chi connectivity index (χ0) is 16.5. The summed E-state index contributed by atoms with van der Waals surface area (Å²) in [5, 5.41) is 4.53. The van der Waals surface area contributed by atoms with Crippen molar-refractivity contribution in [3.63, 3.8) is 0 Å². The molecule has 0 radical (unpaired) electrons. The topological polar surface area (TPSA) is 21.1 Å². The molecule has 1 aromatic heterocycles. The average molecular weight is 321 g/mol. The minimum Gasteiger partial charge on any atom is -0.289 e. The van der Waals surface area contributed by atoms with Gasteiger partial charge in [-0.2, -0.15) is 5.10 Å². The van der Waals surface area contributed by atoms with E-state index in [0.29, 0.717) is 18.1 Å². The van der Waals surface area contributed by atoms with Gasteiger partial charge in [-0.3, -0.25) is 9.58 Å². The number of hydrogen-bond acceptors (Lipinski definition) is 2. The number of rotatable bonds is 4. The van der Waals surface area contributed by atoms with Crippen molar-refractivity contribution < 1.29 is 0 Å². The molecule has 1 saturated heterocycles. The van der Waals surface area contributed by atoms with Crippen LogP contribution in [0.15, 0.2) is 48.8 Å². The molecule has 2 aliphatic rings. The lowest BCUT2D eigenvalue weighted by Crippen LogP contribution is -2.47. The maximum Gasteiger partial charge on any atom is 0.0565 e. The first kappa shape index (κ1) is 15.6. The summed E-state index contributed by atoms with van der Waals surface area (Å²) in [6, 6.07) is 12.6. The van der Waals surface area contributed by atoms with E-state index in [2.05, 4.69) is 77.3 Å². The Morgan fingerprint density at radius 1 is 1.17 bits per heavy atom. The van der Waals surface area contributed by atoms with Gasteiger partial charge in [-0.25, -0.2) is 0 Å². The summed E-state index contributed by atoms with van der Waals surface area (Å²) < 4.78 is 2.07. The third-order valence-corrected chi connectivity index (χ3v) is 5.49. The van der Waals surface area contributed by atoms with E-state index >= 15 is 0 Å². The Morgan fingerprint density at radius 3 is 2.71 bits per heavy atom. The smallest absolute Gasteiger partial charge is 0.0565 e. The molecular formula is C21H27N3. The van der Waals surface area contributed by atoms with Crippen LogP contribution in [0.5, 0.6) is 0 Å². The highest BCUT2D eigenvalue weighted by atomic mass is 15.3. The minimum atomic E-state index is 0.428. The van der Waals surface area contributed by atoms with E-state index in [9.17, 15) is 0 Å². The molecule has 2 atom stereocenters. The zero-order valence-corrected chi connectivity index (χ0v) is 14.7. The quantitative estimate of drug-likeness (QED) is 0.815. The lowest BCUT2D eigenvalue weighted by Gasteiger charge is -2.45. The summed E-state index contributed by atoms with van der Waals surface area (Å²) in [4.78, 5) is 2.72. The molecule has 0 spiro atoms. The summed E-state index contributed by atoms with van der Waals surface area (Å²) >= 11 is 0. The predicted molar refractivity (Wildman–Crippen MR) is 98.6 cm³/mol. The van der Waals surface area contributed by atoms with E-state index in [0.717, 1.165) is 13.0 Å². The van der Waals surface area contributed by atoms with Crippen molar-refractivity contribution in [2.45, 2.75) is 64.2 Å². The molecular weight excluding hydrogens is 294 g/mol. The lowest BCUT2D eigenvalue weighted by atomic mass is 9.83. The molecule has 1 aromatic carbocycles. The van der Waals surface area contributed by atoms with Crippen molar-refractivity contribution in [3.8, 4) is 0 Å². The van der Waals surface area contributed by atoms with Crippen molar-refractivity contribution >= 4 is 5.57 Å². The molecule has 0 saturated carbocycles. The van der Waals surface area contributed by atoms with Crippen LogP contribution >= 0.6 is 0 Å². The van der Waals surface area contributed by atoms with E-state index in [1.807, 2.05) is 0 Å². The third kappa shape index (κ3) is 3.05. The number of fused-ring (bicyclic) bond motifs is 2. The van der Waals surface area contributed by atoms with E-state index in [4.69, 9.17) is 0 Å². The minimum absolute atomic E-state index is 0.428. The van der Waals surface area contributed by atoms with Crippen molar-refractivity contribution in [2.75, 3.05) is 0 Å². The van der Waals surface area contributed by atoms with Crippen LogP contribution in [0.4, 0.5) is 0 Å². The molecule has 3 nitrogen and oxygen atoms in total. The van der Waals surface area contributed by atoms with Gasteiger partial charge in [0.1, 0.15) is 0 Å². The van der Waals surface area contributed by atoms with Gasteiger partial charge in [0.05, 0.1) is 6.20 Å². The Hall–Kier alpha value is -1.87. The van der Waals surface area contributed by atoms with Gasteiger partial charge in [-0.05, 0) is 44.2 Å². The maximum absolute atomic E-state index is 4.53. The Bertz CT molecular complexity index is 714. The number of aromatic nitrogens is 2. The summed E-state index contributed by atoms with van der Waals surface area (Å²) in [6.07, 6.45) is 11.9. The first-order valence-electron chi connectivity index (χ1n) is 9.25. The van der Waals surface area contributed by atoms with Crippen molar-refractivity contribution in [1.29, 1.82) is 0 Å². The van der Waals surface area contributed by atoms with Gasteiger partial charge in [0.25, 0.3) is 0 Å². The van der Waals surface area contributed by atoms with Gasteiger partial charge < -0.3 is 0 Å². The van der Waals surface area contributed by atoms with Crippen LogP contribution in [0.25, 0.3) is 5.57 Å². The normalized spacial score (nSPS) is 24.2. The summed E-state index contributed by atoms with van der Waals surface area (Å²) in [7, 11) is 0. The molecule has 126 valence electrons. The molecule has 2 aromatic rings. The second-order valence-corrected chi connectivity index (χ2v) is 7.51. The largest absolute Gasteiger partial charge is 0.289 e. The van der Waals surface area contributed by atoms with Gasteiger partial charge >= 0.3 is 0 Å². The first-order valence-corrected chi connectivity index (χ1v) is 9.25. The van der Waals surface area contributed by atoms with Crippen LogP contribution in [-0.2, 0) is 6.54 Å². The van der Waals surface area contributed by atoms with Gasteiger partial charge in [0, 0.05) is 36.4 Å². The summed E-state index contributed by atoms with van der Waals surface area (Å²) in [5.41, 5.74) is 4.25. The van der Waals surface area contributed by atoms with Crippen molar-refractivity contribution in [2.24, 2.45) is 0 Å². The Morgan fingerprint density at radius 2 is 2.00 bits per heavy atom. The average Bonchev–Trinajstić information content (AvgIpc) is 3.06. The van der Waals surface area contributed by atoms with Crippen LogP contribution in [0.2, 0.25) is 0 Å². The van der Waals surface area contributed by atoms with Gasteiger partial charge in [0.2, 0.25) is 0 Å². The van der Waals surface area contributed by atoms with Crippen molar-refractivity contribution in [3.05, 3.63) is 59.9 Å². The monoisotopic (exact) mass is 321 g/mol. The van der Waals surface area contributed by atoms with E-state index in [-0.39, 0.29) is 0 Å². The number of hydrogen-bond donors (Lipinski definition) is 0. The van der Waals surface area contributed by atoms with Gasteiger partial charge in [-0.15, -0.1) is 0 Å². The second-order valence-electron chi connectivity index (χ2n) is 7.51. The van der Waals surface area contributed by atoms with Gasteiger partial charge in [-0.1, -0.05) is 42.8 Å². The molecule has 0 N–H and O–H groups in total. The van der Waals surface area contributed by atoms with Crippen LogP contribution in [0.3, 0.4) is 0 Å². The van der Waals surface area contributed by atoms with E-state index in [1.165, 1.54) is 36.0 Å². The van der Waals surface area contributed by atoms with Crippen LogP contribution in [-0.4, -0.2) is 26.8 Å². The first-order chi connectivity index (χ1) is 11.7. The fraction of sp³-hybridized carbons (Fsp3) is 0.476. The highest BCUT2D eigenvalue weighted by Crippen LogP contribution is 2.37. The molecule has 0 aliphatic carbocycles. The van der Waals surface area contributed by atoms with Crippen LogP contribution in [0, 0.1) is 0 Å². The molecule has 24 heavy (non-hydrogen) atoms. The SMILES string of the molecule is CC(C)n1cc(C2=CC3CCCC(C2)N3Cc2ccccc2)cn1. The fourth-order valence-corrected chi connectivity index (χ4v) is 4.16. The number of nitrogens with zero attached hydrogens (tertiary/aromatic N) is 3. The fourth-order valence-electron chi connectivity index (χ4n) is 4.16. The summed E-state index contributed by atoms with van der Waals surface area (Å²) in [6.45, 7) is 5.44. The van der Waals surface area contributed by atoms with E-state index < -0.39 is 0 Å². The second kappa shape index (κ2) is 6.56. The van der Waals surface area contributed by atoms with Gasteiger partial charge in [0.15, 0.2) is 0 Å². The van der Waals surface area contributed by atoms with Crippen LogP contribution in [0.1, 0.15) is 56.7 Å². The molecule has 2 bridgehead atoms. The maximum atomic E-state index is 4.53. The Balaban J connectivity index is 1.57. The third-order valence-electron chi connectivity index (χ3n) is 5.49. The number of piperidine rings is 1. The number of benzene rings is 1. The Kier molecular flexibility index (Phi) is 4.28. The molecule has 2 unspecified atom stereocenters. The van der Waals surface area contributed by atoms with Crippen molar-refractivity contribution in [1.82, 2.24) is 14.7 Å². The van der Waals surface area contributed by atoms with Crippen LogP contribution < -0.4 is 0 Å². The molecule has 1 fully saturated rings. The predicted octanol–water partition coefficient (Wildman–Crippen LogP) is 4.67. The Labute approximate surface area is 145 Å². The summed E-state index contributed by atoms with van der Waals surface area (Å²) in [5.74, 6) is 0. The van der Waals surface area contributed by atoms with E-state index in [1.54, 1.807) is 0 Å². The standard InChI is InChI=1S/C21H27N3/c1-16(2)24-15-19(13-22-24)18-11-20-9-6-10-21(12-18)23(20)14-17-7-4-3-5-8-17/h3-5,7-8,11,13,15-16,20-21H,6,9-10,12,14H2,1-2H3. The molecule has 2 aliphatic heterocycles. The molecule has 3 heterocycles. The molecule has 4 rings (SSSR count). The highest BCUT2D eigenvalue weighted by molar-refractivity contribution is 5.66. The highest BCUT2D eigenvalue weighted by Gasteiger charge is 2.34. The lowest BCUT2D eigenvalue weighted by molar-refractivity contribution is 0.0951.